The molecule has 0 spiro atoms. The first-order valence-corrected chi connectivity index (χ1v) is 6.73. The van der Waals surface area contributed by atoms with E-state index in [0.29, 0.717) is 16.7 Å². The van der Waals surface area contributed by atoms with E-state index in [0.717, 1.165) is 11.6 Å². The van der Waals surface area contributed by atoms with Crippen molar-refractivity contribution in [3.63, 3.8) is 0 Å². The fourth-order valence-electron chi connectivity index (χ4n) is 1.82. The number of hydrogen-bond acceptors (Lipinski definition) is 0. The zero-order valence-electron chi connectivity index (χ0n) is 9.85. The molecule has 2 aromatic rings. The third kappa shape index (κ3) is 3.12. The van der Waals surface area contributed by atoms with Gasteiger partial charge in [-0.15, -0.1) is 0 Å². The molecule has 19 heavy (non-hydrogen) atoms. The Kier molecular flexibility index (Phi) is 4.21. The van der Waals surface area contributed by atoms with Crippen molar-refractivity contribution in [3.8, 4) is 0 Å². The minimum atomic E-state index is -1.21. The molecular weight excluding hydrogens is 341 g/mol. The van der Waals surface area contributed by atoms with E-state index in [-0.39, 0.29) is 5.56 Å². The molecule has 1 atom stereocenters. The molecule has 0 saturated carbocycles. The SMILES string of the molecule is Cc1cc(Cl)cc(C(Br)c2cc(F)c(F)cc2F)c1. The van der Waals surface area contributed by atoms with E-state index in [1.807, 2.05) is 6.92 Å². The van der Waals surface area contributed by atoms with Gasteiger partial charge >= 0.3 is 0 Å². The van der Waals surface area contributed by atoms with Crippen molar-refractivity contribution in [2.45, 2.75) is 11.8 Å². The van der Waals surface area contributed by atoms with Crippen LogP contribution in [0.2, 0.25) is 5.02 Å². The van der Waals surface area contributed by atoms with Gasteiger partial charge < -0.3 is 0 Å². The Hall–Kier alpha value is -1.00. The van der Waals surface area contributed by atoms with Crippen molar-refractivity contribution >= 4 is 27.5 Å². The van der Waals surface area contributed by atoms with Crippen LogP contribution in [0.1, 0.15) is 21.5 Å². The van der Waals surface area contributed by atoms with Crippen molar-refractivity contribution in [3.05, 3.63) is 69.5 Å². The molecule has 0 bridgehead atoms. The smallest absolute Gasteiger partial charge is 0.161 e. The highest BCUT2D eigenvalue weighted by atomic mass is 79.9. The van der Waals surface area contributed by atoms with Gasteiger partial charge in [-0.25, -0.2) is 13.2 Å². The highest BCUT2D eigenvalue weighted by molar-refractivity contribution is 9.09. The van der Waals surface area contributed by atoms with Crippen LogP contribution in [0.15, 0.2) is 30.3 Å². The molecule has 0 nitrogen and oxygen atoms in total. The number of aryl methyl sites for hydroxylation is 1. The summed E-state index contributed by atoms with van der Waals surface area (Å²) in [5.74, 6) is -3.10. The lowest BCUT2D eigenvalue weighted by Crippen LogP contribution is -2.00. The van der Waals surface area contributed by atoms with Crippen molar-refractivity contribution in [1.29, 1.82) is 0 Å². The molecule has 0 aliphatic carbocycles. The van der Waals surface area contributed by atoms with Gasteiger partial charge in [0.05, 0.1) is 4.83 Å². The summed E-state index contributed by atoms with van der Waals surface area (Å²) in [5, 5.41) is 0.502. The van der Waals surface area contributed by atoms with Crippen LogP contribution in [-0.2, 0) is 0 Å². The lowest BCUT2D eigenvalue weighted by Gasteiger charge is -2.13. The molecule has 0 heterocycles. The van der Waals surface area contributed by atoms with Crippen molar-refractivity contribution in [1.82, 2.24) is 0 Å². The largest absolute Gasteiger partial charge is 0.207 e. The first kappa shape index (κ1) is 14.4. The molecule has 2 aromatic carbocycles. The predicted molar refractivity (Wildman–Crippen MR) is 73.3 cm³/mol. The summed E-state index contributed by atoms with van der Waals surface area (Å²) >= 11 is 9.21. The Morgan fingerprint density at radius 1 is 0.947 bits per heavy atom. The molecule has 0 aliphatic heterocycles. The number of rotatable bonds is 2. The molecule has 0 amide bonds. The monoisotopic (exact) mass is 348 g/mol. The van der Waals surface area contributed by atoms with Crippen LogP contribution >= 0.6 is 27.5 Å². The molecule has 0 aliphatic rings. The van der Waals surface area contributed by atoms with Crippen LogP contribution in [0.5, 0.6) is 0 Å². The minimum absolute atomic E-state index is 0.0283. The summed E-state index contributed by atoms with van der Waals surface area (Å²) in [6.45, 7) is 1.84. The van der Waals surface area contributed by atoms with E-state index in [9.17, 15) is 13.2 Å². The topological polar surface area (TPSA) is 0 Å². The highest BCUT2D eigenvalue weighted by Crippen LogP contribution is 2.35. The Morgan fingerprint density at radius 2 is 1.58 bits per heavy atom. The Balaban J connectivity index is 2.49. The molecular formula is C14H9BrClF3. The Morgan fingerprint density at radius 3 is 2.21 bits per heavy atom. The van der Waals surface area contributed by atoms with E-state index in [2.05, 4.69) is 15.9 Å². The standard InChI is InChI=1S/C14H9BrClF3/c1-7-2-8(4-9(16)3-7)14(15)10-5-12(18)13(19)6-11(10)17/h2-6,14H,1H3. The van der Waals surface area contributed by atoms with Gasteiger partial charge in [0.2, 0.25) is 0 Å². The second kappa shape index (κ2) is 5.55. The summed E-state index contributed by atoms with van der Waals surface area (Å²) in [6, 6.07) is 6.59. The molecule has 5 heteroatoms. The molecule has 0 saturated heterocycles. The summed E-state index contributed by atoms with van der Waals surface area (Å²) < 4.78 is 39.8. The molecule has 0 aromatic heterocycles. The third-order valence-corrected chi connectivity index (χ3v) is 3.91. The summed E-state index contributed by atoms with van der Waals surface area (Å²) in [6.07, 6.45) is 0. The second-order valence-corrected chi connectivity index (χ2v) is 5.56. The van der Waals surface area contributed by atoms with E-state index in [1.54, 1.807) is 18.2 Å². The molecule has 0 N–H and O–H groups in total. The van der Waals surface area contributed by atoms with Gasteiger partial charge in [0.15, 0.2) is 11.6 Å². The first-order chi connectivity index (χ1) is 8.88. The molecule has 100 valence electrons. The van der Waals surface area contributed by atoms with Gasteiger partial charge in [-0.3, -0.25) is 0 Å². The fourth-order valence-corrected chi connectivity index (χ4v) is 2.74. The van der Waals surface area contributed by atoms with Crippen molar-refractivity contribution in [2.24, 2.45) is 0 Å². The highest BCUT2D eigenvalue weighted by Gasteiger charge is 2.18. The second-order valence-electron chi connectivity index (χ2n) is 4.21. The summed E-state index contributed by atoms with van der Waals surface area (Å²) in [7, 11) is 0. The van der Waals surface area contributed by atoms with E-state index in [4.69, 9.17) is 11.6 Å². The fraction of sp³-hybridized carbons (Fsp3) is 0.143. The Labute approximate surface area is 122 Å². The predicted octanol–water partition coefficient (Wildman–Crippen LogP) is 5.55. The maximum absolute atomic E-state index is 13.7. The van der Waals surface area contributed by atoms with Crippen LogP contribution in [-0.4, -0.2) is 0 Å². The molecule has 2 rings (SSSR count). The van der Waals surface area contributed by atoms with Crippen LogP contribution in [0.3, 0.4) is 0 Å². The van der Waals surface area contributed by atoms with Crippen LogP contribution < -0.4 is 0 Å². The van der Waals surface area contributed by atoms with Gasteiger partial charge in [0, 0.05) is 16.7 Å². The molecule has 0 radical (unpaired) electrons. The van der Waals surface area contributed by atoms with Gasteiger partial charge in [0.1, 0.15) is 5.82 Å². The molecule has 0 fully saturated rings. The maximum Gasteiger partial charge on any atom is 0.161 e. The third-order valence-electron chi connectivity index (χ3n) is 2.67. The average molecular weight is 350 g/mol. The van der Waals surface area contributed by atoms with Crippen LogP contribution in [0.25, 0.3) is 0 Å². The van der Waals surface area contributed by atoms with Crippen molar-refractivity contribution < 1.29 is 13.2 Å². The zero-order chi connectivity index (χ0) is 14.2. The lowest BCUT2D eigenvalue weighted by molar-refractivity contribution is 0.491. The van der Waals surface area contributed by atoms with Gasteiger partial charge in [-0.2, -0.15) is 0 Å². The first-order valence-electron chi connectivity index (χ1n) is 5.44. The van der Waals surface area contributed by atoms with Gasteiger partial charge in [0.25, 0.3) is 0 Å². The number of halogens is 5. The lowest BCUT2D eigenvalue weighted by atomic mass is 10.0. The Bertz CT molecular complexity index is 608. The normalized spacial score (nSPS) is 12.5. The zero-order valence-corrected chi connectivity index (χ0v) is 12.2. The van der Waals surface area contributed by atoms with Gasteiger partial charge in [-0.1, -0.05) is 33.6 Å². The number of alkyl halides is 1. The van der Waals surface area contributed by atoms with Gasteiger partial charge in [-0.05, 0) is 36.2 Å². The average Bonchev–Trinajstić information content (AvgIpc) is 2.31. The van der Waals surface area contributed by atoms with Crippen LogP contribution in [0.4, 0.5) is 13.2 Å². The van der Waals surface area contributed by atoms with E-state index >= 15 is 0 Å². The van der Waals surface area contributed by atoms with Crippen molar-refractivity contribution in [2.75, 3.05) is 0 Å². The maximum atomic E-state index is 13.7. The minimum Gasteiger partial charge on any atom is -0.207 e. The summed E-state index contributed by atoms with van der Waals surface area (Å²) in [4.78, 5) is -0.597. The number of hydrogen-bond donors (Lipinski definition) is 0. The van der Waals surface area contributed by atoms with E-state index in [1.165, 1.54) is 0 Å². The quantitative estimate of drug-likeness (QED) is 0.492. The molecule has 1 unspecified atom stereocenters. The van der Waals surface area contributed by atoms with E-state index < -0.39 is 22.3 Å². The number of benzene rings is 2. The van der Waals surface area contributed by atoms with Crippen LogP contribution in [0, 0.1) is 24.4 Å². The summed E-state index contributed by atoms with van der Waals surface area (Å²) in [5.41, 5.74) is 1.60.